The van der Waals surface area contributed by atoms with Crippen molar-refractivity contribution in [3.63, 3.8) is 0 Å². The molecule has 0 atom stereocenters. The molecule has 0 N–H and O–H groups in total. The lowest BCUT2D eigenvalue weighted by molar-refractivity contribution is 0.131. The molecule has 0 saturated heterocycles. The molecular weight excluding hydrogens is 492 g/mol. The molecule has 4 aromatic rings. The van der Waals surface area contributed by atoms with E-state index in [2.05, 4.69) is 20.8 Å². The number of sulfone groups is 1. The Labute approximate surface area is 227 Å². The van der Waals surface area contributed by atoms with Gasteiger partial charge in [0, 0.05) is 0 Å². The lowest BCUT2D eigenvalue weighted by Gasteiger charge is -2.23. The van der Waals surface area contributed by atoms with Crippen LogP contribution in [0.5, 0.6) is 17.2 Å². The van der Waals surface area contributed by atoms with Gasteiger partial charge >= 0.3 is 0 Å². The van der Waals surface area contributed by atoms with Crippen molar-refractivity contribution in [1.29, 1.82) is 0 Å². The van der Waals surface area contributed by atoms with Gasteiger partial charge in [0.05, 0.1) is 9.79 Å². The molecule has 0 aliphatic heterocycles. The predicted molar refractivity (Wildman–Crippen MR) is 154 cm³/mol. The first-order chi connectivity index (χ1) is 17.9. The van der Waals surface area contributed by atoms with Gasteiger partial charge in [-0.05, 0) is 110 Å². The molecule has 0 saturated carbocycles. The van der Waals surface area contributed by atoms with E-state index in [-0.39, 0.29) is 20.8 Å². The molecule has 0 aliphatic carbocycles. The van der Waals surface area contributed by atoms with Crippen molar-refractivity contribution in [1.82, 2.24) is 0 Å². The third-order valence-electron chi connectivity index (χ3n) is 6.67. The minimum absolute atomic E-state index is 0.00511. The maximum absolute atomic E-state index is 13.1. The Bertz CT molecular complexity index is 1460. The Kier molecular flexibility index (Phi) is 7.70. The van der Waals surface area contributed by atoms with E-state index in [1.54, 1.807) is 36.4 Å². The van der Waals surface area contributed by atoms with Crippen LogP contribution in [0.15, 0.2) is 107 Å². The van der Waals surface area contributed by atoms with Crippen LogP contribution in [0.2, 0.25) is 0 Å². The molecule has 0 fully saturated rings. The van der Waals surface area contributed by atoms with Gasteiger partial charge in [-0.3, -0.25) is 0 Å². The highest BCUT2D eigenvalue weighted by atomic mass is 32.2. The highest BCUT2D eigenvalue weighted by Crippen LogP contribution is 2.31. The summed E-state index contributed by atoms with van der Waals surface area (Å²) in [5.41, 5.74) is 3.04. The Morgan fingerprint density at radius 3 is 1.39 bits per heavy atom. The Morgan fingerprint density at radius 1 is 0.579 bits per heavy atom. The van der Waals surface area contributed by atoms with Crippen LogP contribution in [0.1, 0.15) is 53.5 Å². The first kappa shape index (κ1) is 27.5. The lowest BCUT2D eigenvalue weighted by Crippen LogP contribution is -2.22. The van der Waals surface area contributed by atoms with E-state index in [1.165, 1.54) is 0 Å². The van der Waals surface area contributed by atoms with Crippen molar-refractivity contribution < 1.29 is 17.9 Å². The summed E-state index contributed by atoms with van der Waals surface area (Å²) >= 11 is 0. The number of ether oxygens (including phenoxy) is 2. The number of hydrogen-bond donors (Lipinski definition) is 0. The quantitative estimate of drug-likeness (QED) is 0.229. The van der Waals surface area contributed by atoms with Gasteiger partial charge in [-0.25, -0.2) is 8.42 Å². The third-order valence-corrected chi connectivity index (χ3v) is 8.45. The van der Waals surface area contributed by atoms with Crippen LogP contribution in [-0.2, 0) is 15.3 Å². The van der Waals surface area contributed by atoms with Gasteiger partial charge in [-0.1, -0.05) is 57.2 Å². The molecule has 0 aliphatic rings. The average molecular weight is 529 g/mol. The van der Waals surface area contributed by atoms with Crippen molar-refractivity contribution in [2.75, 3.05) is 0 Å². The van der Waals surface area contributed by atoms with Gasteiger partial charge < -0.3 is 9.47 Å². The molecule has 0 heterocycles. The SMILES string of the molecule is CCC(C)(C)c1ccc(S(=O)(=O)c2ccc(Oc3ccc(-c4ccc(OC(C)(C)C)cc4)cc3)cc2)cc1. The maximum atomic E-state index is 13.1. The Balaban J connectivity index is 1.43. The summed E-state index contributed by atoms with van der Waals surface area (Å²) in [7, 11) is -3.61. The standard InChI is InChI=1S/C33H36O4S/c1-7-33(5,6)26-12-20-30(21-13-26)38(34,35)31-22-18-28(19-23-31)36-27-14-8-24(9-15-27)25-10-16-29(17-11-25)37-32(2,3)4/h8-23H,7H2,1-6H3. The van der Waals surface area contributed by atoms with Crippen molar-refractivity contribution in [2.45, 2.75) is 68.8 Å². The normalized spacial score (nSPS) is 12.3. The molecule has 0 amide bonds. The molecule has 4 rings (SSSR count). The van der Waals surface area contributed by atoms with Crippen LogP contribution < -0.4 is 9.47 Å². The Hall–Kier alpha value is -3.57. The smallest absolute Gasteiger partial charge is 0.206 e. The molecule has 38 heavy (non-hydrogen) atoms. The molecule has 0 aromatic heterocycles. The first-order valence-corrected chi connectivity index (χ1v) is 14.4. The molecule has 5 heteroatoms. The van der Waals surface area contributed by atoms with Crippen LogP contribution in [0.3, 0.4) is 0 Å². The monoisotopic (exact) mass is 528 g/mol. The van der Waals surface area contributed by atoms with Gasteiger partial charge in [-0.2, -0.15) is 0 Å². The predicted octanol–water partition coefficient (Wildman–Crippen LogP) is 8.84. The summed E-state index contributed by atoms with van der Waals surface area (Å²) in [6.45, 7) is 12.5. The summed E-state index contributed by atoms with van der Waals surface area (Å²) in [5, 5.41) is 0. The molecule has 0 spiro atoms. The van der Waals surface area contributed by atoms with Gasteiger partial charge in [0.15, 0.2) is 0 Å². The Morgan fingerprint density at radius 2 is 0.974 bits per heavy atom. The fourth-order valence-electron chi connectivity index (χ4n) is 4.03. The van der Waals surface area contributed by atoms with E-state index in [9.17, 15) is 8.42 Å². The molecule has 198 valence electrons. The second kappa shape index (κ2) is 10.7. The van der Waals surface area contributed by atoms with Crippen molar-refractivity contribution in [2.24, 2.45) is 0 Å². The number of rotatable bonds is 8. The van der Waals surface area contributed by atoms with Crippen molar-refractivity contribution >= 4 is 9.84 Å². The van der Waals surface area contributed by atoms with Crippen LogP contribution in [0.4, 0.5) is 0 Å². The van der Waals surface area contributed by atoms with E-state index in [0.717, 1.165) is 28.9 Å². The second-order valence-corrected chi connectivity index (χ2v) is 13.1. The van der Waals surface area contributed by atoms with Gasteiger partial charge in [-0.15, -0.1) is 0 Å². The van der Waals surface area contributed by atoms with Crippen LogP contribution in [0.25, 0.3) is 11.1 Å². The zero-order chi connectivity index (χ0) is 27.6. The zero-order valence-electron chi connectivity index (χ0n) is 23.0. The summed E-state index contributed by atoms with van der Waals surface area (Å²) < 4.78 is 38.2. The molecular formula is C33H36O4S. The summed E-state index contributed by atoms with van der Waals surface area (Å²) in [4.78, 5) is 0.525. The minimum Gasteiger partial charge on any atom is -0.488 e. The molecule has 0 bridgehead atoms. The highest BCUT2D eigenvalue weighted by Gasteiger charge is 2.21. The first-order valence-electron chi connectivity index (χ1n) is 12.9. The van der Waals surface area contributed by atoms with Crippen molar-refractivity contribution in [3.05, 3.63) is 103 Å². The fraction of sp³-hybridized carbons (Fsp3) is 0.273. The summed E-state index contributed by atoms with van der Waals surface area (Å²) in [5.74, 6) is 2.08. The largest absolute Gasteiger partial charge is 0.488 e. The van der Waals surface area contributed by atoms with Crippen LogP contribution in [0, 0.1) is 0 Å². The lowest BCUT2D eigenvalue weighted by atomic mass is 9.82. The fourth-order valence-corrected chi connectivity index (χ4v) is 5.29. The zero-order valence-corrected chi connectivity index (χ0v) is 23.8. The molecule has 0 unspecified atom stereocenters. The minimum atomic E-state index is -3.61. The highest BCUT2D eigenvalue weighted by molar-refractivity contribution is 7.91. The molecule has 4 aromatic carbocycles. The van der Waals surface area contributed by atoms with E-state index in [1.807, 2.05) is 81.4 Å². The van der Waals surface area contributed by atoms with Crippen LogP contribution >= 0.6 is 0 Å². The van der Waals surface area contributed by atoms with Crippen LogP contribution in [-0.4, -0.2) is 14.0 Å². The third kappa shape index (κ3) is 6.46. The maximum Gasteiger partial charge on any atom is 0.206 e. The number of benzene rings is 4. The van der Waals surface area contributed by atoms with Crippen molar-refractivity contribution in [3.8, 4) is 28.4 Å². The van der Waals surface area contributed by atoms with Gasteiger partial charge in [0.25, 0.3) is 0 Å². The molecule has 4 nitrogen and oxygen atoms in total. The second-order valence-electron chi connectivity index (χ2n) is 11.1. The molecule has 0 radical (unpaired) electrons. The van der Waals surface area contributed by atoms with E-state index >= 15 is 0 Å². The van der Waals surface area contributed by atoms with Gasteiger partial charge in [0.2, 0.25) is 9.84 Å². The average Bonchev–Trinajstić information content (AvgIpc) is 2.89. The van der Waals surface area contributed by atoms with E-state index in [0.29, 0.717) is 11.5 Å². The van der Waals surface area contributed by atoms with E-state index in [4.69, 9.17) is 9.47 Å². The van der Waals surface area contributed by atoms with Gasteiger partial charge in [0.1, 0.15) is 22.8 Å². The summed E-state index contributed by atoms with van der Waals surface area (Å²) in [6.07, 6.45) is 0.976. The summed E-state index contributed by atoms with van der Waals surface area (Å²) in [6, 6.07) is 29.6. The number of hydrogen-bond acceptors (Lipinski definition) is 4. The topological polar surface area (TPSA) is 52.6 Å². The van der Waals surface area contributed by atoms with E-state index < -0.39 is 9.84 Å².